The Morgan fingerprint density at radius 3 is 3.00 bits per heavy atom. The van der Waals surface area contributed by atoms with Crippen molar-refractivity contribution in [2.75, 3.05) is 13.2 Å². The molecule has 1 unspecified atom stereocenters. The van der Waals surface area contributed by atoms with E-state index in [0.29, 0.717) is 18.9 Å². The number of hydrogen-bond donors (Lipinski definition) is 1. The molecule has 3 rings (SSSR count). The second kappa shape index (κ2) is 4.60. The number of hydrogen-bond acceptors (Lipinski definition) is 5. The smallest absolute Gasteiger partial charge is 0.271 e. The van der Waals surface area contributed by atoms with E-state index in [1.54, 1.807) is 6.07 Å². The SMILES string of the molecule is Cc1cc(C(=O)NC2CCCC23OCCO3)ns1. The maximum atomic E-state index is 12.1. The molecule has 2 heterocycles. The zero-order chi connectivity index (χ0) is 12.6. The molecule has 1 saturated carbocycles. The van der Waals surface area contributed by atoms with E-state index in [1.807, 2.05) is 6.92 Å². The Labute approximate surface area is 110 Å². The third-order valence-corrected chi connectivity index (χ3v) is 4.18. The highest BCUT2D eigenvalue weighted by Crippen LogP contribution is 2.37. The lowest BCUT2D eigenvalue weighted by Crippen LogP contribution is -2.49. The van der Waals surface area contributed by atoms with Crippen LogP contribution in [0.15, 0.2) is 6.07 Å². The van der Waals surface area contributed by atoms with Gasteiger partial charge < -0.3 is 14.8 Å². The van der Waals surface area contributed by atoms with Crippen molar-refractivity contribution in [2.24, 2.45) is 0 Å². The van der Waals surface area contributed by atoms with E-state index in [2.05, 4.69) is 9.69 Å². The second-order valence-corrected chi connectivity index (χ2v) is 5.76. The molecule has 0 bridgehead atoms. The molecule has 1 saturated heterocycles. The van der Waals surface area contributed by atoms with Crippen molar-refractivity contribution in [1.82, 2.24) is 9.69 Å². The van der Waals surface area contributed by atoms with Crippen molar-refractivity contribution in [3.8, 4) is 0 Å². The average Bonchev–Trinajstić information content (AvgIpc) is 3.04. The van der Waals surface area contributed by atoms with Gasteiger partial charge in [-0.3, -0.25) is 4.79 Å². The quantitative estimate of drug-likeness (QED) is 0.882. The molecule has 1 aromatic heterocycles. The molecule has 1 aliphatic carbocycles. The minimum atomic E-state index is -0.583. The van der Waals surface area contributed by atoms with Gasteiger partial charge in [-0.2, -0.15) is 4.37 Å². The van der Waals surface area contributed by atoms with Crippen LogP contribution in [0.2, 0.25) is 0 Å². The Hall–Kier alpha value is -0.980. The largest absolute Gasteiger partial charge is 0.346 e. The summed E-state index contributed by atoms with van der Waals surface area (Å²) in [7, 11) is 0. The topological polar surface area (TPSA) is 60.5 Å². The predicted molar refractivity (Wildman–Crippen MR) is 66.6 cm³/mol. The fraction of sp³-hybridized carbons (Fsp3) is 0.667. The summed E-state index contributed by atoms with van der Waals surface area (Å²) in [6.07, 6.45) is 2.77. The number of ether oxygens (including phenoxy) is 2. The van der Waals surface area contributed by atoms with Crippen LogP contribution in [-0.4, -0.2) is 35.3 Å². The van der Waals surface area contributed by atoms with Crippen molar-refractivity contribution < 1.29 is 14.3 Å². The zero-order valence-electron chi connectivity index (χ0n) is 10.3. The van der Waals surface area contributed by atoms with E-state index in [4.69, 9.17) is 9.47 Å². The first-order chi connectivity index (χ1) is 8.70. The summed E-state index contributed by atoms with van der Waals surface area (Å²) >= 11 is 1.34. The molecule has 2 aliphatic rings. The van der Waals surface area contributed by atoms with E-state index in [-0.39, 0.29) is 11.9 Å². The number of nitrogens with one attached hydrogen (secondary N) is 1. The first kappa shape index (κ1) is 12.1. The first-order valence-electron chi connectivity index (χ1n) is 6.22. The molecule has 6 heteroatoms. The minimum absolute atomic E-state index is 0.0606. The van der Waals surface area contributed by atoms with Gasteiger partial charge in [0.2, 0.25) is 0 Å². The zero-order valence-corrected chi connectivity index (χ0v) is 11.1. The van der Waals surface area contributed by atoms with Crippen LogP contribution < -0.4 is 5.32 Å². The molecule has 1 aromatic rings. The lowest BCUT2D eigenvalue weighted by atomic mass is 10.1. The fourth-order valence-electron chi connectivity index (χ4n) is 2.65. The summed E-state index contributed by atoms with van der Waals surface area (Å²) in [5.41, 5.74) is 0.484. The number of carbonyl (C=O) groups excluding carboxylic acids is 1. The van der Waals surface area contributed by atoms with Crippen molar-refractivity contribution in [3.63, 3.8) is 0 Å². The van der Waals surface area contributed by atoms with Crippen LogP contribution in [0.1, 0.15) is 34.6 Å². The van der Waals surface area contributed by atoms with E-state index >= 15 is 0 Å². The van der Waals surface area contributed by atoms with Crippen LogP contribution >= 0.6 is 11.5 Å². The highest BCUT2D eigenvalue weighted by atomic mass is 32.1. The summed E-state index contributed by atoms with van der Waals surface area (Å²) in [6, 6.07) is 1.74. The molecule has 18 heavy (non-hydrogen) atoms. The maximum Gasteiger partial charge on any atom is 0.271 e. The van der Waals surface area contributed by atoms with Crippen LogP contribution in [0.25, 0.3) is 0 Å². The Kier molecular flexibility index (Phi) is 3.09. The number of amides is 1. The Balaban J connectivity index is 1.70. The molecule has 1 atom stereocenters. The van der Waals surface area contributed by atoms with Crippen molar-refractivity contribution >= 4 is 17.4 Å². The van der Waals surface area contributed by atoms with Gasteiger partial charge in [0.05, 0.1) is 19.3 Å². The minimum Gasteiger partial charge on any atom is -0.346 e. The van der Waals surface area contributed by atoms with Crippen molar-refractivity contribution in [3.05, 3.63) is 16.6 Å². The van der Waals surface area contributed by atoms with Crippen LogP contribution in [0.4, 0.5) is 0 Å². The van der Waals surface area contributed by atoms with E-state index in [9.17, 15) is 4.79 Å². The summed E-state index contributed by atoms with van der Waals surface area (Å²) < 4.78 is 15.5. The molecule has 0 aromatic carbocycles. The standard InChI is InChI=1S/C12H16N2O3S/c1-8-7-9(14-18-8)11(15)13-10-3-2-4-12(10)16-5-6-17-12/h7,10H,2-6H2,1H3,(H,13,15). The van der Waals surface area contributed by atoms with Crippen molar-refractivity contribution in [2.45, 2.75) is 38.0 Å². The van der Waals surface area contributed by atoms with Gasteiger partial charge in [0.25, 0.3) is 5.91 Å². The number of carbonyl (C=O) groups is 1. The molecule has 1 N–H and O–H groups in total. The molecule has 0 radical (unpaired) electrons. The van der Waals surface area contributed by atoms with Gasteiger partial charge in [-0.25, -0.2) is 0 Å². The van der Waals surface area contributed by atoms with Gasteiger partial charge in [0.1, 0.15) is 5.69 Å². The number of aromatic nitrogens is 1. The summed E-state index contributed by atoms with van der Waals surface area (Å²) in [5, 5.41) is 3.00. The Morgan fingerprint density at radius 2 is 2.33 bits per heavy atom. The monoisotopic (exact) mass is 268 g/mol. The van der Waals surface area contributed by atoms with Crippen LogP contribution in [0.3, 0.4) is 0 Å². The van der Waals surface area contributed by atoms with E-state index in [1.165, 1.54) is 11.5 Å². The van der Waals surface area contributed by atoms with Crippen molar-refractivity contribution in [1.29, 1.82) is 0 Å². The number of rotatable bonds is 2. The van der Waals surface area contributed by atoms with Crippen LogP contribution in [0, 0.1) is 6.92 Å². The lowest BCUT2D eigenvalue weighted by molar-refractivity contribution is -0.164. The van der Waals surface area contributed by atoms with Gasteiger partial charge in [-0.15, -0.1) is 0 Å². The normalized spacial score (nSPS) is 25.7. The van der Waals surface area contributed by atoms with E-state index < -0.39 is 5.79 Å². The summed E-state index contributed by atoms with van der Waals surface area (Å²) in [4.78, 5) is 13.1. The Bertz CT molecular complexity index is 448. The predicted octanol–water partition coefficient (Wildman–Crippen LogP) is 1.48. The number of nitrogens with zero attached hydrogens (tertiary/aromatic N) is 1. The first-order valence-corrected chi connectivity index (χ1v) is 6.99. The Morgan fingerprint density at radius 1 is 1.56 bits per heavy atom. The van der Waals surface area contributed by atoms with Crippen LogP contribution in [-0.2, 0) is 9.47 Å². The number of aryl methyl sites for hydroxylation is 1. The van der Waals surface area contributed by atoms with E-state index in [0.717, 1.165) is 24.1 Å². The average molecular weight is 268 g/mol. The highest BCUT2D eigenvalue weighted by Gasteiger charge is 2.48. The van der Waals surface area contributed by atoms with Crippen LogP contribution in [0.5, 0.6) is 0 Å². The summed E-state index contributed by atoms with van der Waals surface area (Å²) in [5.74, 6) is -0.717. The summed E-state index contributed by atoms with van der Waals surface area (Å²) in [6.45, 7) is 3.17. The van der Waals surface area contributed by atoms with Gasteiger partial charge in [-0.1, -0.05) is 0 Å². The highest BCUT2D eigenvalue weighted by molar-refractivity contribution is 7.05. The lowest BCUT2D eigenvalue weighted by Gasteiger charge is -2.29. The molecule has 1 aliphatic heterocycles. The molecular weight excluding hydrogens is 252 g/mol. The molecule has 2 fully saturated rings. The molecule has 1 amide bonds. The second-order valence-electron chi connectivity index (χ2n) is 4.75. The molecule has 5 nitrogen and oxygen atoms in total. The van der Waals surface area contributed by atoms with Gasteiger partial charge in [0, 0.05) is 11.3 Å². The molecule has 98 valence electrons. The maximum absolute atomic E-state index is 12.1. The van der Waals surface area contributed by atoms with Gasteiger partial charge in [-0.05, 0) is 37.4 Å². The molecule has 1 spiro atoms. The third kappa shape index (κ3) is 2.04. The van der Waals surface area contributed by atoms with Gasteiger partial charge in [0.15, 0.2) is 5.79 Å². The van der Waals surface area contributed by atoms with Gasteiger partial charge >= 0.3 is 0 Å². The fourth-order valence-corrected chi connectivity index (χ4v) is 3.19. The third-order valence-electron chi connectivity index (χ3n) is 3.49. The molecular formula is C12H16N2O3S.